The average Bonchev–Trinajstić information content (AvgIpc) is 2.47. The highest BCUT2D eigenvalue weighted by Gasteiger charge is 2.12. The Hall–Kier alpha value is -0.820. The van der Waals surface area contributed by atoms with Crippen LogP contribution in [0.4, 0.5) is 0 Å². The van der Waals surface area contributed by atoms with Crippen LogP contribution in [-0.2, 0) is 6.42 Å². The van der Waals surface area contributed by atoms with Gasteiger partial charge in [-0.15, -0.1) is 6.04 Å². The van der Waals surface area contributed by atoms with Crippen LogP contribution in [0.5, 0.6) is 0 Å². The first kappa shape index (κ1) is 6.86. The molecular formula is C10H12N-. The molecule has 1 aliphatic carbocycles. The molecule has 1 unspecified atom stereocenters. The molecule has 1 heteroatoms. The lowest BCUT2D eigenvalue weighted by Crippen LogP contribution is -1.88. The van der Waals surface area contributed by atoms with Crippen LogP contribution in [0.3, 0.4) is 0 Å². The third kappa shape index (κ3) is 1.05. The second kappa shape index (κ2) is 2.67. The van der Waals surface area contributed by atoms with Gasteiger partial charge in [0.25, 0.3) is 0 Å². The van der Waals surface area contributed by atoms with Crippen molar-refractivity contribution in [3.8, 4) is 0 Å². The summed E-state index contributed by atoms with van der Waals surface area (Å²) in [6.07, 6.45) is 2.41. The standard InChI is InChI=1S/C10H12N/c1-11-10-7-6-8-4-2-3-5-9(8)10/h2-5,10H,6-7H2,1H3/q-1. The lowest BCUT2D eigenvalue weighted by molar-refractivity contribution is 0.783. The van der Waals surface area contributed by atoms with Crippen molar-refractivity contribution in [3.63, 3.8) is 0 Å². The molecule has 1 nitrogen and oxygen atoms in total. The maximum Gasteiger partial charge on any atom is -0.0287 e. The summed E-state index contributed by atoms with van der Waals surface area (Å²) in [5, 5.41) is 4.33. The molecule has 0 saturated carbocycles. The van der Waals surface area contributed by atoms with Gasteiger partial charge < -0.3 is 5.32 Å². The predicted octanol–water partition coefficient (Wildman–Crippen LogP) is 2.68. The largest absolute Gasteiger partial charge is 0.658 e. The number of hydrogen-bond acceptors (Lipinski definition) is 0. The number of hydrogen-bond donors (Lipinski definition) is 0. The zero-order valence-electron chi connectivity index (χ0n) is 6.75. The first-order chi connectivity index (χ1) is 5.42. The molecule has 1 aliphatic rings. The molecule has 0 amide bonds. The third-order valence-electron chi connectivity index (χ3n) is 2.41. The van der Waals surface area contributed by atoms with Crippen molar-refractivity contribution < 1.29 is 0 Å². The summed E-state index contributed by atoms with van der Waals surface area (Å²) in [5.74, 6) is 0. The molecule has 0 heterocycles. The van der Waals surface area contributed by atoms with Crippen LogP contribution in [0.15, 0.2) is 24.3 Å². The van der Waals surface area contributed by atoms with Crippen molar-refractivity contribution >= 4 is 0 Å². The molecule has 0 spiro atoms. The first-order valence-electron chi connectivity index (χ1n) is 4.08. The average molecular weight is 146 g/mol. The first-order valence-corrected chi connectivity index (χ1v) is 4.08. The van der Waals surface area contributed by atoms with Crippen LogP contribution < -0.4 is 0 Å². The van der Waals surface area contributed by atoms with E-state index < -0.39 is 0 Å². The summed E-state index contributed by atoms with van der Waals surface area (Å²) in [6, 6.07) is 9.09. The highest BCUT2D eigenvalue weighted by Crippen LogP contribution is 2.35. The molecule has 0 N–H and O–H groups in total. The SMILES string of the molecule is C[N-]C1CCc2ccccc21. The van der Waals surface area contributed by atoms with E-state index in [1.807, 2.05) is 7.05 Å². The van der Waals surface area contributed by atoms with E-state index in [2.05, 4.69) is 29.6 Å². The van der Waals surface area contributed by atoms with Crippen molar-refractivity contribution in [3.05, 3.63) is 40.7 Å². The van der Waals surface area contributed by atoms with E-state index in [1.54, 1.807) is 0 Å². The van der Waals surface area contributed by atoms with Gasteiger partial charge in [-0.1, -0.05) is 36.2 Å². The van der Waals surface area contributed by atoms with E-state index in [1.165, 1.54) is 24.0 Å². The zero-order chi connectivity index (χ0) is 7.68. The van der Waals surface area contributed by atoms with Crippen molar-refractivity contribution in [2.45, 2.75) is 18.9 Å². The van der Waals surface area contributed by atoms with E-state index in [9.17, 15) is 0 Å². The summed E-state index contributed by atoms with van der Waals surface area (Å²) in [7, 11) is 1.91. The summed E-state index contributed by atoms with van der Waals surface area (Å²) < 4.78 is 0. The Morgan fingerprint density at radius 2 is 2.18 bits per heavy atom. The Labute approximate surface area is 67.4 Å². The summed E-state index contributed by atoms with van der Waals surface area (Å²) >= 11 is 0. The van der Waals surface area contributed by atoms with Gasteiger partial charge in [0.15, 0.2) is 0 Å². The van der Waals surface area contributed by atoms with Gasteiger partial charge in [-0.2, -0.15) is 7.05 Å². The molecular weight excluding hydrogens is 134 g/mol. The molecule has 2 rings (SSSR count). The number of nitrogens with zero attached hydrogens (tertiary/aromatic N) is 1. The highest BCUT2D eigenvalue weighted by molar-refractivity contribution is 5.36. The Morgan fingerprint density at radius 3 is 3.00 bits per heavy atom. The highest BCUT2D eigenvalue weighted by atomic mass is 14.9. The van der Waals surface area contributed by atoms with Gasteiger partial charge in [-0.25, -0.2) is 0 Å². The Balaban J connectivity index is 2.39. The Morgan fingerprint density at radius 1 is 1.36 bits per heavy atom. The van der Waals surface area contributed by atoms with E-state index in [-0.39, 0.29) is 0 Å². The minimum atomic E-state index is 0.478. The van der Waals surface area contributed by atoms with Gasteiger partial charge in [0, 0.05) is 0 Å². The minimum Gasteiger partial charge on any atom is -0.658 e. The summed E-state index contributed by atoms with van der Waals surface area (Å²) in [6.45, 7) is 0. The molecule has 0 aliphatic heterocycles. The van der Waals surface area contributed by atoms with Crippen LogP contribution in [-0.4, -0.2) is 7.05 Å². The summed E-state index contributed by atoms with van der Waals surface area (Å²) in [5.41, 5.74) is 2.93. The van der Waals surface area contributed by atoms with Crippen molar-refractivity contribution in [2.24, 2.45) is 0 Å². The van der Waals surface area contributed by atoms with E-state index in [0.29, 0.717) is 6.04 Å². The normalized spacial score (nSPS) is 21.7. The number of fused-ring (bicyclic) bond motifs is 1. The number of benzene rings is 1. The van der Waals surface area contributed by atoms with Gasteiger partial charge in [-0.05, 0) is 12.0 Å². The minimum absolute atomic E-state index is 0.478. The molecule has 11 heavy (non-hydrogen) atoms. The van der Waals surface area contributed by atoms with Crippen LogP contribution in [0.25, 0.3) is 5.32 Å². The van der Waals surface area contributed by atoms with E-state index in [0.717, 1.165) is 0 Å². The molecule has 0 bridgehead atoms. The Bertz CT molecular complexity index is 255. The molecule has 0 fully saturated rings. The number of rotatable bonds is 1. The fraction of sp³-hybridized carbons (Fsp3) is 0.400. The third-order valence-corrected chi connectivity index (χ3v) is 2.41. The second-order valence-corrected chi connectivity index (χ2v) is 3.01. The van der Waals surface area contributed by atoms with Crippen LogP contribution in [0, 0.1) is 0 Å². The number of aryl methyl sites for hydroxylation is 1. The Kier molecular flexibility index (Phi) is 1.66. The molecule has 0 aromatic heterocycles. The lowest BCUT2D eigenvalue weighted by Gasteiger charge is -2.22. The maximum absolute atomic E-state index is 4.33. The molecule has 58 valence electrons. The van der Waals surface area contributed by atoms with Gasteiger partial charge in [0.1, 0.15) is 0 Å². The molecule has 1 aromatic carbocycles. The quantitative estimate of drug-likeness (QED) is 0.578. The van der Waals surface area contributed by atoms with E-state index >= 15 is 0 Å². The van der Waals surface area contributed by atoms with Crippen molar-refractivity contribution in [2.75, 3.05) is 7.05 Å². The van der Waals surface area contributed by atoms with Crippen molar-refractivity contribution in [1.29, 1.82) is 0 Å². The topological polar surface area (TPSA) is 14.1 Å². The molecule has 1 atom stereocenters. The van der Waals surface area contributed by atoms with Gasteiger partial charge in [0.2, 0.25) is 0 Å². The molecule has 0 saturated heterocycles. The molecule has 1 aromatic rings. The maximum atomic E-state index is 4.33. The zero-order valence-corrected chi connectivity index (χ0v) is 6.75. The van der Waals surface area contributed by atoms with Gasteiger partial charge in [-0.3, -0.25) is 0 Å². The lowest BCUT2D eigenvalue weighted by atomic mass is 10.1. The van der Waals surface area contributed by atoms with E-state index in [4.69, 9.17) is 0 Å². The second-order valence-electron chi connectivity index (χ2n) is 3.01. The fourth-order valence-electron chi connectivity index (χ4n) is 1.80. The predicted molar refractivity (Wildman–Crippen MR) is 46.8 cm³/mol. The van der Waals surface area contributed by atoms with Crippen LogP contribution >= 0.6 is 0 Å². The fourth-order valence-corrected chi connectivity index (χ4v) is 1.80. The summed E-state index contributed by atoms with van der Waals surface area (Å²) in [4.78, 5) is 0. The monoisotopic (exact) mass is 146 g/mol. The van der Waals surface area contributed by atoms with Gasteiger partial charge in [0.05, 0.1) is 0 Å². The smallest absolute Gasteiger partial charge is 0.0287 e. The van der Waals surface area contributed by atoms with Crippen LogP contribution in [0.2, 0.25) is 0 Å². The molecule has 0 radical (unpaired) electrons. The van der Waals surface area contributed by atoms with Crippen LogP contribution in [0.1, 0.15) is 23.6 Å². The van der Waals surface area contributed by atoms with Crippen molar-refractivity contribution in [1.82, 2.24) is 0 Å². The van der Waals surface area contributed by atoms with Gasteiger partial charge >= 0.3 is 0 Å².